The molecular formula is C13H12ClN3O3. The second-order valence-corrected chi connectivity index (χ2v) is 4.21. The van der Waals surface area contributed by atoms with Crippen LogP contribution in [0, 0.1) is 0 Å². The Bertz CT molecular complexity index is 685. The van der Waals surface area contributed by atoms with E-state index in [9.17, 15) is 9.59 Å². The topological polar surface area (TPSA) is 84.1 Å². The van der Waals surface area contributed by atoms with Gasteiger partial charge in [0.15, 0.2) is 0 Å². The SMILES string of the molecule is CCOC(=O)c1cnc(=O)[nH]c1Nc1ccccc1Cl. The summed E-state index contributed by atoms with van der Waals surface area (Å²) in [4.78, 5) is 29.1. The van der Waals surface area contributed by atoms with Gasteiger partial charge < -0.3 is 10.1 Å². The van der Waals surface area contributed by atoms with Crippen LogP contribution in [-0.2, 0) is 4.74 Å². The first kappa shape index (κ1) is 14.1. The number of halogens is 1. The molecule has 104 valence electrons. The maximum absolute atomic E-state index is 11.8. The van der Waals surface area contributed by atoms with Crippen molar-refractivity contribution in [1.29, 1.82) is 0 Å². The van der Waals surface area contributed by atoms with Crippen LogP contribution in [0.2, 0.25) is 5.02 Å². The number of aromatic amines is 1. The molecule has 0 aliphatic carbocycles. The van der Waals surface area contributed by atoms with Crippen LogP contribution in [0.3, 0.4) is 0 Å². The highest BCUT2D eigenvalue weighted by molar-refractivity contribution is 6.33. The fourth-order valence-corrected chi connectivity index (χ4v) is 1.74. The van der Waals surface area contributed by atoms with Gasteiger partial charge in [-0.1, -0.05) is 23.7 Å². The van der Waals surface area contributed by atoms with Gasteiger partial charge in [-0.05, 0) is 19.1 Å². The highest BCUT2D eigenvalue weighted by atomic mass is 35.5. The van der Waals surface area contributed by atoms with E-state index in [4.69, 9.17) is 16.3 Å². The quantitative estimate of drug-likeness (QED) is 0.845. The van der Waals surface area contributed by atoms with Crippen molar-refractivity contribution in [2.45, 2.75) is 6.92 Å². The summed E-state index contributed by atoms with van der Waals surface area (Å²) in [5, 5.41) is 3.35. The highest BCUT2D eigenvalue weighted by Gasteiger charge is 2.15. The zero-order valence-electron chi connectivity index (χ0n) is 10.6. The van der Waals surface area contributed by atoms with E-state index < -0.39 is 11.7 Å². The number of anilines is 2. The molecule has 1 aromatic heterocycles. The number of H-pyrrole nitrogens is 1. The van der Waals surface area contributed by atoms with Crippen molar-refractivity contribution < 1.29 is 9.53 Å². The fraction of sp³-hybridized carbons (Fsp3) is 0.154. The number of aromatic nitrogens is 2. The Morgan fingerprint density at radius 3 is 2.90 bits per heavy atom. The smallest absolute Gasteiger partial charge is 0.346 e. The fourth-order valence-electron chi connectivity index (χ4n) is 1.55. The third kappa shape index (κ3) is 3.16. The van der Waals surface area contributed by atoms with Crippen molar-refractivity contribution in [2.75, 3.05) is 11.9 Å². The van der Waals surface area contributed by atoms with E-state index >= 15 is 0 Å². The highest BCUT2D eigenvalue weighted by Crippen LogP contribution is 2.25. The number of esters is 1. The molecule has 0 aliphatic rings. The van der Waals surface area contributed by atoms with E-state index in [2.05, 4.69) is 15.3 Å². The maximum Gasteiger partial charge on any atom is 0.346 e. The summed E-state index contributed by atoms with van der Waals surface area (Å²) in [5.74, 6) is -0.387. The van der Waals surface area contributed by atoms with Gasteiger partial charge in [0.1, 0.15) is 11.4 Å². The minimum Gasteiger partial charge on any atom is -0.462 e. The molecule has 2 rings (SSSR count). The predicted molar refractivity (Wildman–Crippen MR) is 75.5 cm³/mol. The summed E-state index contributed by atoms with van der Waals surface area (Å²) in [5.41, 5.74) is 0.112. The first-order chi connectivity index (χ1) is 9.61. The number of hydrogen-bond acceptors (Lipinski definition) is 5. The molecule has 1 aromatic carbocycles. The van der Waals surface area contributed by atoms with Crippen LogP contribution in [0.25, 0.3) is 0 Å². The zero-order valence-corrected chi connectivity index (χ0v) is 11.4. The number of rotatable bonds is 4. The maximum atomic E-state index is 11.8. The van der Waals surface area contributed by atoms with Crippen molar-refractivity contribution >= 4 is 29.1 Å². The van der Waals surface area contributed by atoms with Crippen molar-refractivity contribution in [1.82, 2.24) is 9.97 Å². The van der Waals surface area contributed by atoms with Crippen molar-refractivity contribution in [2.24, 2.45) is 0 Å². The standard InChI is InChI=1S/C13H12ClN3O3/c1-2-20-12(18)8-7-15-13(19)17-11(8)16-10-6-4-3-5-9(10)14/h3-7H,2H2,1H3,(H2,15,16,17,19). The Morgan fingerprint density at radius 2 is 2.20 bits per heavy atom. The molecule has 6 nitrogen and oxygen atoms in total. The Hall–Kier alpha value is -2.34. The van der Waals surface area contributed by atoms with Crippen molar-refractivity contribution in [3.63, 3.8) is 0 Å². The number of nitrogens with one attached hydrogen (secondary N) is 2. The number of carbonyl (C=O) groups excluding carboxylic acids is 1. The van der Waals surface area contributed by atoms with Gasteiger partial charge in [0, 0.05) is 0 Å². The number of benzene rings is 1. The van der Waals surface area contributed by atoms with Gasteiger partial charge in [-0.2, -0.15) is 0 Å². The summed E-state index contributed by atoms with van der Waals surface area (Å²) in [6.45, 7) is 1.92. The van der Waals surface area contributed by atoms with Gasteiger partial charge in [-0.15, -0.1) is 0 Å². The predicted octanol–water partition coefficient (Wildman–Crippen LogP) is 2.34. The molecule has 1 heterocycles. The molecular weight excluding hydrogens is 282 g/mol. The molecule has 0 saturated heterocycles. The Morgan fingerprint density at radius 1 is 1.45 bits per heavy atom. The zero-order chi connectivity index (χ0) is 14.5. The first-order valence-electron chi connectivity index (χ1n) is 5.89. The lowest BCUT2D eigenvalue weighted by Crippen LogP contribution is -2.17. The lowest BCUT2D eigenvalue weighted by Gasteiger charge is -2.11. The van der Waals surface area contributed by atoms with Gasteiger partial charge in [-0.25, -0.2) is 14.6 Å². The minimum atomic E-state index is -0.578. The van der Waals surface area contributed by atoms with Crippen LogP contribution in [-0.4, -0.2) is 22.5 Å². The molecule has 0 radical (unpaired) electrons. The average Bonchev–Trinajstić information content (AvgIpc) is 2.42. The van der Waals surface area contributed by atoms with E-state index in [1.54, 1.807) is 31.2 Å². The van der Waals surface area contributed by atoms with Gasteiger partial charge in [0.05, 0.1) is 23.5 Å². The molecule has 0 atom stereocenters. The summed E-state index contributed by atoms with van der Waals surface area (Å²) in [6.07, 6.45) is 1.16. The van der Waals surface area contributed by atoms with Crippen LogP contribution < -0.4 is 11.0 Å². The molecule has 2 aromatic rings. The molecule has 0 bridgehead atoms. The van der Waals surface area contributed by atoms with Crippen molar-refractivity contribution in [3.8, 4) is 0 Å². The van der Waals surface area contributed by atoms with Crippen LogP contribution in [0.15, 0.2) is 35.3 Å². The van der Waals surface area contributed by atoms with Crippen LogP contribution in [0.1, 0.15) is 17.3 Å². The lowest BCUT2D eigenvalue weighted by atomic mass is 10.2. The number of para-hydroxylation sites is 1. The molecule has 0 fully saturated rings. The van der Waals surface area contributed by atoms with Crippen LogP contribution in [0.4, 0.5) is 11.5 Å². The van der Waals surface area contributed by atoms with E-state index in [-0.39, 0.29) is 18.0 Å². The van der Waals surface area contributed by atoms with Crippen LogP contribution >= 0.6 is 11.6 Å². The second kappa shape index (κ2) is 6.21. The van der Waals surface area contributed by atoms with E-state index in [1.165, 1.54) is 0 Å². The first-order valence-corrected chi connectivity index (χ1v) is 6.27. The summed E-state index contributed by atoms with van der Waals surface area (Å²) >= 11 is 6.02. The summed E-state index contributed by atoms with van der Waals surface area (Å²) in [6, 6.07) is 6.95. The van der Waals surface area contributed by atoms with Gasteiger partial charge in [-0.3, -0.25) is 4.98 Å². The largest absolute Gasteiger partial charge is 0.462 e. The van der Waals surface area contributed by atoms with Gasteiger partial charge >= 0.3 is 11.7 Å². The number of carbonyl (C=O) groups is 1. The Labute approximate surface area is 119 Å². The lowest BCUT2D eigenvalue weighted by molar-refractivity contribution is 0.0526. The monoisotopic (exact) mass is 293 g/mol. The molecule has 0 aliphatic heterocycles. The third-order valence-electron chi connectivity index (χ3n) is 2.44. The molecule has 7 heteroatoms. The molecule has 20 heavy (non-hydrogen) atoms. The average molecular weight is 294 g/mol. The second-order valence-electron chi connectivity index (χ2n) is 3.80. The van der Waals surface area contributed by atoms with Crippen LogP contribution in [0.5, 0.6) is 0 Å². The molecule has 0 saturated carbocycles. The van der Waals surface area contributed by atoms with E-state index in [1.807, 2.05) is 0 Å². The van der Waals surface area contributed by atoms with E-state index in [0.717, 1.165) is 6.20 Å². The normalized spacial score (nSPS) is 10.1. The summed E-state index contributed by atoms with van der Waals surface area (Å²) < 4.78 is 4.90. The third-order valence-corrected chi connectivity index (χ3v) is 2.77. The van der Waals surface area contributed by atoms with Gasteiger partial charge in [0.2, 0.25) is 0 Å². The molecule has 0 spiro atoms. The summed E-state index contributed by atoms with van der Waals surface area (Å²) in [7, 11) is 0. The van der Waals surface area contributed by atoms with Crippen molar-refractivity contribution in [3.05, 3.63) is 51.5 Å². The van der Waals surface area contributed by atoms with E-state index in [0.29, 0.717) is 10.7 Å². The Balaban J connectivity index is 2.40. The minimum absolute atomic E-state index is 0.131. The number of ether oxygens (including phenoxy) is 1. The molecule has 2 N–H and O–H groups in total. The number of hydrogen-bond donors (Lipinski definition) is 2. The molecule has 0 amide bonds. The van der Waals surface area contributed by atoms with Gasteiger partial charge in [0.25, 0.3) is 0 Å². The number of nitrogens with zero attached hydrogens (tertiary/aromatic N) is 1. The Kier molecular flexibility index (Phi) is 4.37. The molecule has 0 unspecified atom stereocenters.